The van der Waals surface area contributed by atoms with Crippen molar-refractivity contribution < 1.29 is 9.53 Å². The Morgan fingerprint density at radius 3 is 2.71 bits per heavy atom. The van der Waals surface area contributed by atoms with Crippen LogP contribution in [-0.4, -0.2) is 41.9 Å². The average Bonchev–Trinajstić information content (AvgIpc) is 3.03. The summed E-state index contributed by atoms with van der Waals surface area (Å²) in [4.78, 5) is 32.9. The van der Waals surface area contributed by atoms with Crippen LogP contribution < -0.4 is 15.6 Å². The van der Waals surface area contributed by atoms with Gasteiger partial charge in [-0.25, -0.2) is 14.2 Å². The first-order chi connectivity index (χ1) is 13.3. The molecule has 0 radical (unpaired) electrons. The first kappa shape index (κ1) is 19.5. The highest BCUT2D eigenvalue weighted by atomic mass is 16.5. The Morgan fingerprint density at radius 1 is 1.25 bits per heavy atom. The maximum atomic E-state index is 12.4. The average molecular weight is 385 g/mol. The van der Waals surface area contributed by atoms with Crippen LogP contribution >= 0.6 is 0 Å². The zero-order chi connectivity index (χ0) is 20.3. The number of nitrogens with zero attached hydrogens (tertiary/aromatic N) is 6. The summed E-state index contributed by atoms with van der Waals surface area (Å²) in [6, 6.07) is 3.08. The van der Waals surface area contributed by atoms with Gasteiger partial charge in [0.15, 0.2) is 0 Å². The molecule has 0 aliphatic carbocycles. The predicted molar refractivity (Wildman–Crippen MR) is 102 cm³/mol. The summed E-state index contributed by atoms with van der Waals surface area (Å²) >= 11 is 0. The lowest BCUT2D eigenvalue weighted by atomic mass is 10.1. The summed E-state index contributed by atoms with van der Waals surface area (Å²) in [5.74, 6) is 0.818. The maximum Gasteiger partial charge on any atom is 0.270 e. The van der Waals surface area contributed by atoms with Gasteiger partial charge in [0.1, 0.15) is 18.0 Å². The van der Waals surface area contributed by atoms with E-state index in [0.29, 0.717) is 29.7 Å². The Kier molecular flexibility index (Phi) is 5.67. The number of aromatic nitrogens is 6. The first-order valence-corrected chi connectivity index (χ1v) is 9.05. The highest BCUT2D eigenvalue weighted by Crippen LogP contribution is 2.22. The molecule has 0 atom stereocenters. The zero-order valence-corrected chi connectivity index (χ0v) is 16.3. The van der Waals surface area contributed by atoms with Gasteiger partial charge in [-0.3, -0.25) is 14.9 Å². The fourth-order valence-corrected chi connectivity index (χ4v) is 2.46. The third-order valence-corrected chi connectivity index (χ3v) is 3.77. The molecule has 0 saturated heterocycles. The molecule has 0 bridgehead atoms. The fourth-order valence-electron chi connectivity index (χ4n) is 2.46. The third-order valence-electron chi connectivity index (χ3n) is 3.77. The second-order valence-corrected chi connectivity index (χ2v) is 7.10. The molecular formula is C18H23N7O3. The molecule has 0 aliphatic rings. The molecule has 0 saturated carbocycles. The highest BCUT2D eigenvalue weighted by Gasteiger charge is 2.16. The second kappa shape index (κ2) is 8.15. The van der Waals surface area contributed by atoms with Crippen LogP contribution in [0.25, 0.3) is 5.78 Å². The molecule has 10 heteroatoms. The number of hydrogen-bond donors (Lipinski definition) is 1. The smallest absolute Gasteiger partial charge is 0.270 e. The molecule has 0 unspecified atom stereocenters. The largest absolute Gasteiger partial charge is 0.491 e. The molecule has 0 aromatic carbocycles. The van der Waals surface area contributed by atoms with Crippen molar-refractivity contribution in [2.45, 2.75) is 40.2 Å². The zero-order valence-electron chi connectivity index (χ0n) is 16.3. The quantitative estimate of drug-likeness (QED) is 0.655. The number of amides is 1. The minimum atomic E-state index is -0.462. The molecule has 0 aliphatic heterocycles. The van der Waals surface area contributed by atoms with Gasteiger partial charge in [-0.2, -0.15) is 10.1 Å². The van der Waals surface area contributed by atoms with Crippen LogP contribution in [0.2, 0.25) is 0 Å². The molecule has 1 amide bonds. The molecule has 1 N–H and O–H groups in total. The number of rotatable bonds is 7. The number of hydrogen-bond acceptors (Lipinski definition) is 7. The normalized spacial score (nSPS) is 11.4. The first-order valence-electron chi connectivity index (χ1n) is 9.05. The van der Waals surface area contributed by atoms with E-state index in [1.54, 1.807) is 18.5 Å². The van der Waals surface area contributed by atoms with E-state index in [-0.39, 0.29) is 18.4 Å². The van der Waals surface area contributed by atoms with Gasteiger partial charge in [-0.05, 0) is 12.0 Å². The maximum absolute atomic E-state index is 12.4. The molecule has 0 spiro atoms. The summed E-state index contributed by atoms with van der Waals surface area (Å²) in [6.07, 6.45) is 3.25. The van der Waals surface area contributed by atoms with Gasteiger partial charge in [0.2, 0.25) is 5.91 Å². The molecule has 10 nitrogen and oxygen atoms in total. The topological polar surface area (TPSA) is 116 Å². The Hall–Kier alpha value is -3.30. The lowest BCUT2D eigenvalue weighted by molar-refractivity contribution is -0.117. The second-order valence-electron chi connectivity index (χ2n) is 7.10. The van der Waals surface area contributed by atoms with E-state index in [2.05, 4.69) is 25.5 Å². The van der Waals surface area contributed by atoms with Crippen LogP contribution in [0, 0.1) is 5.92 Å². The lowest BCUT2D eigenvalue weighted by Crippen LogP contribution is -2.31. The van der Waals surface area contributed by atoms with Crippen molar-refractivity contribution in [3.05, 3.63) is 40.6 Å². The van der Waals surface area contributed by atoms with Gasteiger partial charge in [0.05, 0.1) is 6.61 Å². The van der Waals surface area contributed by atoms with Gasteiger partial charge in [-0.15, -0.1) is 5.10 Å². The van der Waals surface area contributed by atoms with Crippen molar-refractivity contribution in [1.82, 2.24) is 29.4 Å². The van der Waals surface area contributed by atoms with Crippen molar-refractivity contribution in [3.8, 4) is 5.75 Å². The number of nitrogens with one attached hydrogen (secondary N) is 1. The van der Waals surface area contributed by atoms with Crippen LogP contribution in [-0.2, 0) is 11.3 Å². The van der Waals surface area contributed by atoms with Crippen molar-refractivity contribution in [2.75, 3.05) is 11.9 Å². The summed E-state index contributed by atoms with van der Waals surface area (Å²) < 4.78 is 8.28. The summed E-state index contributed by atoms with van der Waals surface area (Å²) in [5.41, 5.74) is 0.214. The van der Waals surface area contributed by atoms with E-state index in [1.807, 2.05) is 27.7 Å². The number of ether oxygens (including phenoxy) is 1. The van der Waals surface area contributed by atoms with Crippen LogP contribution in [0.3, 0.4) is 0 Å². The number of anilines is 1. The molecule has 3 aromatic rings. The minimum absolute atomic E-state index is 0.0308. The molecule has 0 fully saturated rings. The van der Waals surface area contributed by atoms with E-state index in [1.165, 1.54) is 10.6 Å². The number of fused-ring (bicyclic) bond motifs is 1. The van der Waals surface area contributed by atoms with Crippen LogP contribution in [0.1, 0.15) is 39.3 Å². The van der Waals surface area contributed by atoms with E-state index in [0.717, 1.165) is 4.68 Å². The molecule has 3 heterocycles. The Bertz CT molecular complexity index is 1010. The summed E-state index contributed by atoms with van der Waals surface area (Å²) in [6.45, 7) is 8.18. The Labute approximate surface area is 161 Å². The van der Waals surface area contributed by atoms with E-state index < -0.39 is 11.5 Å². The van der Waals surface area contributed by atoms with Crippen LogP contribution in [0.15, 0.2) is 29.3 Å². The van der Waals surface area contributed by atoms with Gasteiger partial charge < -0.3 is 4.74 Å². The summed E-state index contributed by atoms with van der Waals surface area (Å²) in [7, 11) is 0. The van der Waals surface area contributed by atoms with Gasteiger partial charge in [0, 0.05) is 24.4 Å². The van der Waals surface area contributed by atoms with Gasteiger partial charge in [0.25, 0.3) is 17.3 Å². The number of carbonyl (C=O) groups is 1. The number of carbonyl (C=O) groups excluding carboxylic acids is 1. The van der Waals surface area contributed by atoms with Crippen molar-refractivity contribution >= 4 is 17.6 Å². The highest BCUT2D eigenvalue weighted by molar-refractivity contribution is 5.88. The van der Waals surface area contributed by atoms with E-state index in [4.69, 9.17) is 4.74 Å². The van der Waals surface area contributed by atoms with Gasteiger partial charge >= 0.3 is 0 Å². The standard InChI is InChI=1S/C18H23N7O3/c1-11(2)10-28-13-8-15(27)25(22-16(13)12(3)4)9-14(26)20-17-21-18-19-6-5-7-24(18)23-17/h5-8,11-12H,9-10H2,1-4H3,(H,20,23,26). The van der Waals surface area contributed by atoms with Gasteiger partial charge in [-0.1, -0.05) is 27.7 Å². The van der Waals surface area contributed by atoms with Crippen molar-refractivity contribution in [3.63, 3.8) is 0 Å². The monoisotopic (exact) mass is 385 g/mol. The SMILES string of the molecule is CC(C)COc1cc(=O)n(CC(=O)Nc2nc3ncccn3n2)nc1C(C)C. The molecule has 28 heavy (non-hydrogen) atoms. The van der Waals surface area contributed by atoms with Crippen molar-refractivity contribution in [2.24, 2.45) is 5.92 Å². The van der Waals surface area contributed by atoms with E-state index >= 15 is 0 Å². The molecule has 3 rings (SSSR count). The Balaban J connectivity index is 1.77. The summed E-state index contributed by atoms with van der Waals surface area (Å²) in [5, 5.41) is 11.0. The van der Waals surface area contributed by atoms with Crippen molar-refractivity contribution in [1.29, 1.82) is 0 Å². The Morgan fingerprint density at radius 2 is 2.04 bits per heavy atom. The minimum Gasteiger partial charge on any atom is -0.491 e. The lowest BCUT2D eigenvalue weighted by Gasteiger charge is -2.16. The third kappa shape index (κ3) is 4.51. The van der Waals surface area contributed by atoms with Crippen LogP contribution in [0.4, 0.5) is 5.95 Å². The predicted octanol–water partition coefficient (Wildman–Crippen LogP) is 1.48. The molecule has 148 valence electrons. The van der Waals surface area contributed by atoms with E-state index in [9.17, 15) is 9.59 Å². The fraction of sp³-hybridized carbons (Fsp3) is 0.444. The van der Waals surface area contributed by atoms with Crippen LogP contribution in [0.5, 0.6) is 5.75 Å². The molecular weight excluding hydrogens is 362 g/mol. The molecule has 3 aromatic heterocycles.